The number of carbonyl (C=O) groups excluding carboxylic acids is 2. The quantitative estimate of drug-likeness (QED) is 0.310. The number of nitrogen functional groups attached to an aromatic ring is 1. The first-order valence-electron chi connectivity index (χ1n) is 8.99. The van der Waals surface area contributed by atoms with Crippen LogP contribution in [0.15, 0.2) is 42.5 Å². The summed E-state index contributed by atoms with van der Waals surface area (Å²) in [5.41, 5.74) is 5.13. The number of alkyl halides is 3. The highest BCUT2D eigenvalue weighted by atomic mass is 19.4. The Balaban J connectivity index is 1.70. The molecule has 164 valence electrons. The average Bonchev–Trinajstić information content (AvgIpc) is 3.06. The number of nitrogens with two attached hydrogens (primary N) is 1. The minimum Gasteiger partial charge on any atom is -0.490 e. The van der Waals surface area contributed by atoms with E-state index in [4.69, 9.17) is 25.4 Å². The summed E-state index contributed by atoms with van der Waals surface area (Å²) >= 11 is 0. The smallest absolute Gasteiger partial charge is 0.416 e. The van der Waals surface area contributed by atoms with Crippen LogP contribution in [0, 0.1) is 5.41 Å². The highest BCUT2D eigenvalue weighted by Gasteiger charge is 2.34. The summed E-state index contributed by atoms with van der Waals surface area (Å²) in [4.78, 5) is 24.8. The number of halogens is 3. The van der Waals surface area contributed by atoms with Crippen LogP contribution < -0.4 is 20.1 Å². The summed E-state index contributed by atoms with van der Waals surface area (Å²) in [5.74, 6) is -0.948. The van der Waals surface area contributed by atoms with Crippen LogP contribution in [-0.4, -0.2) is 37.2 Å². The minimum atomic E-state index is -4.50. The van der Waals surface area contributed by atoms with Crippen molar-refractivity contribution in [3.8, 4) is 11.5 Å². The van der Waals surface area contributed by atoms with Gasteiger partial charge in [0.2, 0.25) is 0 Å². The summed E-state index contributed by atoms with van der Waals surface area (Å²) in [6.45, 7) is 1.07. The zero-order chi connectivity index (χ0) is 22.8. The lowest BCUT2D eigenvalue weighted by Crippen LogP contribution is -2.27. The first-order chi connectivity index (χ1) is 14.5. The molecule has 3 N–H and O–H groups in total. The number of ether oxygens (including phenoxy) is 3. The fourth-order valence-corrected chi connectivity index (χ4v) is 2.91. The van der Waals surface area contributed by atoms with Gasteiger partial charge in [0.25, 0.3) is 0 Å². The van der Waals surface area contributed by atoms with Gasteiger partial charge in [0, 0.05) is 13.0 Å². The van der Waals surface area contributed by atoms with Gasteiger partial charge in [0.15, 0.2) is 6.10 Å². The maximum atomic E-state index is 12.8. The number of anilines is 1. The third-order valence-electron chi connectivity index (χ3n) is 4.29. The van der Waals surface area contributed by atoms with Crippen LogP contribution >= 0.6 is 0 Å². The molecule has 2 aromatic carbocycles. The van der Waals surface area contributed by atoms with Gasteiger partial charge in [-0.3, -0.25) is 15.1 Å². The molecule has 31 heavy (non-hydrogen) atoms. The molecule has 1 heterocycles. The minimum absolute atomic E-state index is 0.00715. The fourth-order valence-electron chi connectivity index (χ4n) is 2.91. The molecule has 11 heteroatoms. The summed E-state index contributed by atoms with van der Waals surface area (Å²) < 4.78 is 54.1. The number of carbonyl (C=O) groups is 2. The van der Waals surface area contributed by atoms with Gasteiger partial charge < -0.3 is 19.9 Å². The number of hydrogen-bond acceptors (Lipinski definition) is 6. The SMILES string of the molecule is CC(=O)Oc1cc(N2CC(COc3cccc(C(F)(F)F)c3)OC2=O)ccc1C(=N)N. The second-order valence-corrected chi connectivity index (χ2v) is 6.64. The molecule has 1 amide bonds. The molecule has 8 nitrogen and oxygen atoms in total. The van der Waals surface area contributed by atoms with Crippen molar-refractivity contribution in [3.63, 3.8) is 0 Å². The van der Waals surface area contributed by atoms with Crippen LogP contribution in [0.4, 0.5) is 23.7 Å². The third-order valence-corrected chi connectivity index (χ3v) is 4.29. The van der Waals surface area contributed by atoms with Crippen molar-refractivity contribution >= 4 is 23.6 Å². The Hall–Kier alpha value is -3.76. The van der Waals surface area contributed by atoms with Gasteiger partial charge in [-0.25, -0.2) is 4.79 Å². The van der Waals surface area contributed by atoms with Gasteiger partial charge in [0.1, 0.15) is 23.9 Å². The molecule has 1 atom stereocenters. The van der Waals surface area contributed by atoms with Gasteiger partial charge in [-0.2, -0.15) is 13.2 Å². The molecule has 0 spiro atoms. The largest absolute Gasteiger partial charge is 0.490 e. The molecule has 1 fully saturated rings. The Morgan fingerprint density at radius 2 is 2.03 bits per heavy atom. The van der Waals surface area contributed by atoms with Crippen molar-refractivity contribution in [1.29, 1.82) is 5.41 Å². The van der Waals surface area contributed by atoms with Crippen LogP contribution in [0.3, 0.4) is 0 Å². The van der Waals surface area contributed by atoms with Crippen LogP contribution in [0.5, 0.6) is 11.5 Å². The number of cyclic esters (lactones) is 1. The molecule has 1 aliphatic rings. The molecule has 3 rings (SSSR count). The number of nitrogens with zero attached hydrogens (tertiary/aromatic N) is 1. The standard InChI is InChI=1S/C20H18F3N3O5/c1-11(27)30-17-8-13(5-6-16(17)18(24)25)26-9-15(31-19(26)28)10-29-14-4-2-3-12(7-14)20(21,22)23/h2-8,15H,9-10H2,1H3,(H3,24,25). The Morgan fingerprint density at radius 1 is 1.29 bits per heavy atom. The molecule has 0 aliphatic carbocycles. The van der Waals surface area contributed by atoms with Crippen molar-refractivity contribution in [1.82, 2.24) is 0 Å². The normalized spacial score (nSPS) is 16.1. The van der Waals surface area contributed by atoms with E-state index in [0.29, 0.717) is 5.69 Å². The van der Waals surface area contributed by atoms with E-state index in [9.17, 15) is 22.8 Å². The van der Waals surface area contributed by atoms with Gasteiger partial charge in [-0.05, 0) is 30.3 Å². The third kappa shape index (κ3) is 5.24. The fraction of sp³-hybridized carbons (Fsp3) is 0.250. The summed E-state index contributed by atoms with van der Waals surface area (Å²) in [6.07, 6.45) is -5.95. The first-order valence-corrected chi connectivity index (χ1v) is 8.99. The highest BCUT2D eigenvalue weighted by Crippen LogP contribution is 2.32. The van der Waals surface area contributed by atoms with E-state index in [-0.39, 0.29) is 36.0 Å². The van der Waals surface area contributed by atoms with Crippen LogP contribution in [-0.2, 0) is 15.7 Å². The Morgan fingerprint density at radius 3 is 2.68 bits per heavy atom. The van der Waals surface area contributed by atoms with Crippen molar-refractivity contribution in [2.24, 2.45) is 5.73 Å². The van der Waals surface area contributed by atoms with E-state index in [1.165, 1.54) is 42.2 Å². The molecule has 1 saturated heterocycles. The maximum absolute atomic E-state index is 12.8. The van der Waals surface area contributed by atoms with Crippen LogP contribution in [0.25, 0.3) is 0 Å². The predicted octanol–water partition coefficient (Wildman–Crippen LogP) is 3.32. The zero-order valence-electron chi connectivity index (χ0n) is 16.2. The van der Waals surface area contributed by atoms with Crippen molar-refractivity contribution in [2.75, 3.05) is 18.1 Å². The Bertz CT molecular complexity index is 1030. The lowest BCUT2D eigenvalue weighted by atomic mass is 10.1. The van der Waals surface area contributed by atoms with Gasteiger partial charge in [0.05, 0.1) is 23.4 Å². The van der Waals surface area contributed by atoms with E-state index >= 15 is 0 Å². The van der Waals surface area contributed by atoms with E-state index in [1.54, 1.807) is 0 Å². The maximum Gasteiger partial charge on any atom is 0.416 e. The number of amidine groups is 1. The van der Waals surface area contributed by atoms with Crippen LogP contribution in [0.1, 0.15) is 18.1 Å². The molecular formula is C20H18F3N3O5. The van der Waals surface area contributed by atoms with E-state index in [0.717, 1.165) is 12.1 Å². The Kier molecular flexibility index (Phi) is 6.04. The molecule has 1 unspecified atom stereocenters. The number of rotatable bonds is 6. The summed E-state index contributed by atoms with van der Waals surface area (Å²) in [6, 6.07) is 8.68. The van der Waals surface area contributed by atoms with Crippen molar-refractivity contribution in [3.05, 3.63) is 53.6 Å². The summed E-state index contributed by atoms with van der Waals surface area (Å²) in [7, 11) is 0. The molecule has 2 aromatic rings. The van der Waals surface area contributed by atoms with Crippen molar-refractivity contribution in [2.45, 2.75) is 19.2 Å². The predicted molar refractivity (Wildman–Crippen MR) is 103 cm³/mol. The molecule has 0 radical (unpaired) electrons. The number of esters is 1. The number of nitrogens with one attached hydrogen (secondary N) is 1. The lowest BCUT2D eigenvalue weighted by molar-refractivity contribution is -0.137. The lowest BCUT2D eigenvalue weighted by Gasteiger charge is -2.16. The molecule has 0 saturated carbocycles. The first kappa shape index (κ1) is 21.9. The molecule has 0 aromatic heterocycles. The molecular weight excluding hydrogens is 419 g/mol. The molecule has 0 bridgehead atoms. The monoisotopic (exact) mass is 437 g/mol. The number of hydrogen-bond donors (Lipinski definition) is 2. The number of benzene rings is 2. The average molecular weight is 437 g/mol. The number of amides is 1. The van der Waals surface area contributed by atoms with Gasteiger partial charge in [-0.15, -0.1) is 0 Å². The van der Waals surface area contributed by atoms with Crippen molar-refractivity contribution < 1.29 is 37.0 Å². The second kappa shape index (κ2) is 8.54. The van der Waals surface area contributed by atoms with Gasteiger partial charge >= 0.3 is 18.2 Å². The van der Waals surface area contributed by atoms with E-state index < -0.39 is 29.9 Å². The van der Waals surface area contributed by atoms with Gasteiger partial charge in [-0.1, -0.05) is 6.07 Å². The zero-order valence-corrected chi connectivity index (χ0v) is 16.2. The molecule has 1 aliphatic heterocycles. The van der Waals surface area contributed by atoms with E-state index in [2.05, 4.69) is 0 Å². The summed E-state index contributed by atoms with van der Waals surface area (Å²) in [5, 5.41) is 7.56. The Labute approximate surface area is 174 Å². The van der Waals surface area contributed by atoms with E-state index in [1.807, 2.05) is 0 Å². The second-order valence-electron chi connectivity index (χ2n) is 6.64. The topological polar surface area (TPSA) is 115 Å². The van der Waals surface area contributed by atoms with Crippen LogP contribution in [0.2, 0.25) is 0 Å². The highest BCUT2D eigenvalue weighted by molar-refractivity contribution is 5.99.